The van der Waals surface area contributed by atoms with Crippen LogP contribution in [0.2, 0.25) is 0 Å². The summed E-state index contributed by atoms with van der Waals surface area (Å²) in [4.78, 5) is 43.6. The smallest absolute Gasteiger partial charge is 0.351 e. The van der Waals surface area contributed by atoms with Crippen molar-refractivity contribution < 1.29 is 47.7 Å². The van der Waals surface area contributed by atoms with Crippen molar-refractivity contribution in [3.8, 4) is 17.6 Å². The number of hydrogen-bond acceptors (Lipinski definition) is 14. The molecule has 67 heavy (non-hydrogen) atoms. The molecule has 4 aromatic carbocycles. The number of carbonyl (C=O) groups is 1. The van der Waals surface area contributed by atoms with Crippen molar-refractivity contribution in [2.75, 3.05) is 46.5 Å². The predicted molar refractivity (Wildman–Crippen MR) is 253 cm³/mol. The summed E-state index contributed by atoms with van der Waals surface area (Å²) in [6.07, 6.45) is -4.79. The summed E-state index contributed by atoms with van der Waals surface area (Å²) in [5.74, 6) is 0.774. The zero-order chi connectivity index (χ0) is 48.3. The van der Waals surface area contributed by atoms with E-state index in [1.807, 2.05) is 107 Å². The fourth-order valence-corrected chi connectivity index (χ4v) is 9.83. The second-order valence-corrected chi connectivity index (χ2v) is 17.7. The highest BCUT2D eigenvalue weighted by atomic mass is 31.2. The SMILES string of the molecule is COCCO[C@H]1[C@H](n2cc(C)c(NC(=O)c3ccccc3)nc2=O)O[C@H](COC(c2ccccc2)(c2ccc(OC)cc2)c2ccc(OC)cc2)[C@@]1(O)C(CC#N)OP(O)N(C(C)C)C(C)C. The van der Waals surface area contributed by atoms with Crippen molar-refractivity contribution in [1.29, 1.82) is 5.26 Å². The number of nitrogens with zero attached hydrogens (tertiary/aromatic N) is 4. The van der Waals surface area contributed by atoms with Crippen LogP contribution in [0.15, 0.2) is 120 Å². The lowest BCUT2D eigenvalue weighted by Crippen LogP contribution is -2.60. The Morgan fingerprint density at radius 2 is 1.45 bits per heavy atom. The molecule has 1 fully saturated rings. The van der Waals surface area contributed by atoms with Gasteiger partial charge in [-0.15, -0.1) is 0 Å². The number of nitrogens with one attached hydrogen (secondary N) is 1. The Labute approximate surface area is 392 Å². The fraction of sp³-hybridized carbons (Fsp3) is 0.400. The average molecular weight is 938 g/mol. The number of hydrogen-bond donors (Lipinski definition) is 3. The minimum absolute atomic E-state index is 0.0193. The van der Waals surface area contributed by atoms with Crippen molar-refractivity contribution >= 4 is 20.3 Å². The molecule has 1 aromatic heterocycles. The molecule has 1 saturated heterocycles. The second kappa shape index (κ2) is 23.0. The third-order valence-electron chi connectivity index (χ3n) is 11.7. The van der Waals surface area contributed by atoms with Crippen LogP contribution in [0.25, 0.3) is 0 Å². The van der Waals surface area contributed by atoms with E-state index in [1.165, 1.54) is 17.9 Å². The first-order valence-corrected chi connectivity index (χ1v) is 23.1. The van der Waals surface area contributed by atoms with Gasteiger partial charge in [0.2, 0.25) is 0 Å². The molecule has 2 unspecified atom stereocenters. The van der Waals surface area contributed by atoms with E-state index >= 15 is 0 Å². The molecule has 1 aliphatic rings. The number of nitriles is 1. The van der Waals surface area contributed by atoms with E-state index in [2.05, 4.69) is 16.4 Å². The topological polar surface area (TPSA) is 196 Å². The van der Waals surface area contributed by atoms with Gasteiger partial charge in [0.1, 0.15) is 41.2 Å². The second-order valence-electron chi connectivity index (χ2n) is 16.6. The Balaban J connectivity index is 1.53. The number of carbonyl (C=O) groups excluding carboxylic acids is 1. The summed E-state index contributed by atoms with van der Waals surface area (Å²) in [5, 5.41) is 26.8. The number of aliphatic hydroxyl groups is 1. The highest BCUT2D eigenvalue weighted by Crippen LogP contribution is 2.51. The van der Waals surface area contributed by atoms with Gasteiger partial charge >= 0.3 is 5.69 Å². The van der Waals surface area contributed by atoms with Crippen LogP contribution in [-0.2, 0) is 29.1 Å². The molecular formula is C50H60N5O11P. The first kappa shape index (κ1) is 50.8. The molecule has 1 aliphatic heterocycles. The standard InChI is InChI=1S/C50H60N5O11P/c1-33(2)55(34(3)4)67(59)66-42(27-28-51)49(58)43(32-64-50(37-17-13-10-14-18-37,38-19-23-40(61-7)24-20-38)39-21-25-41(62-8)26-22-39)65-47(44(49)63-30-29-60-6)54-31-35(5)45(53-48(54)57)52-46(56)36-15-11-9-12-16-36/h9-26,31,33-34,42-44,47,58-59H,27,29-30,32H2,1-8H3,(H,52,53,56,57)/t42?,43-,44+,47-,49+,67?/m1/s1. The van der Waals surface area contributed by atoms with Gasteiger partial charge in [0.15, 0.2) is 11.8 Å². The maximum Gasteiger partial charge on any atom is 0.351 e. The molecule has 5 aromatic rings. The van der Waals surface area contributed by atoms with Gasteiger partial charge < -0.3 is 48.3 Å². The summed E-state index contributed by atoms with van der Waals surface area (Å²) < 4.78 is 46.4. The number of benzene rings is 4. The third kappa shape index (κ3) is 11.1. The Morgan fingerprint density at radius 3 is 1.97 bits per heavy atom. The number of aryl methyl sites for hydroxylation is 1. The normalized spacial score (nSPS) is 19.3. The lowest BCUT2D eigenvalue weighted by molar-refractivity contribution is -0.176. The van der Waals surface area contributed by atoms with Gasteiger partial charge in [0.25, 0.3) is 14.4 Å². The number of anilines is 1. The molecule has 3 N–H and O–H groups in total. The summed E-state index contributed by atoms with van der Waals surface area (Å²) in [7, 11) is 2.21. The summed E-state index contributed by atoms with van der Waals surface area (Å²) in [6.45, 7) is 8.86. The molecule has 0 radical (unpaired) electrons. The Hall–Kier alpha value is -5.57. The molecule has 356 valence electrons. The molecule has 2 heterocycles. The van der Waals surface area contributed by atoms with Crippen LogP contribution in [0, 0.1) is 18.3 Å². The molecule has 0 aliphatic carbocycles. The van der Waals surface area contributed by atoms with Crippen LogP contribution in [0.1, 0.15) is 73.0 Å². The van der Waals surface area contributed by atoms with E-state index in [1.54, 1.807) is 56.1 Å². The quantitative estimate of drug-likeness (QED) is 0.0360. The Bertz CT molecular complexity index is 2420. The Morgan fingerprint density at radius 1 is 0.896 bits per heavy atom. The van der Waals surface area contributed by atoms with Crippen LogP contribution in [0.5, 0.6) is 11.5 Å². The van der Waals surface area contributed by atoms with Gasteiger partial charge in [0.05, 0.1) is 46.5 Å². The van der Waals surface area contributed by atoms with Crippen molar-refractivity contribution in [3.63, 3.8) is 0 Å². The van der Waals surface area contributed by atoms with Gasteiger partial charge in [-0.2, -0.15) is 10.2 Å². The van der Waals surface area contributed by atoms with Crippen LogP contribution in [0.3, 0.4) is 0 Å². The lowest BCUT2D eigenvalue weighted by atomic mass is 9.79. The highest BCUT2D eigenvalue weighted by Gasteiger charge is 2.63. The van der Waals surface area contributed by atoms with E-state index in [0.717, 1.165) is 0 Å². The van der Waals surface area contributed by atoms with Gasteiger partial charge in [-0.3, -0.25) is 9.36 Å². The zero-order valence-electron chi connectivity index (χ0n) is 39.1. The molecule has 0 bridgehead atoms. The van der Waals surface area contributed by atoms with Crippen molar-refractivity contribution in [1.82, 2.24) is 14.2 Å². The molecule has 0 saturated carbocycles. The third-order valence-corrected chi connectivity index (χ3v) is 13.5. The van der Waals surface area contributed by atoms with Gasteiger partial charge in [-0.05, 0) is 87.7 Å². The molecule has 6 atom stereocenters. The lowest BCUT2D eigenvalue weighted by Gasteiger charge is -2.43. The predicted octanol–water partition coefficient (Wildman–Crippen LogP) is 7.13. The number of aromatic nitrogens is 2. The maximum absolute atomic E-state index is 14.3. The van der Waals surface area contributed by atoms with Gasteiger partial charge in [-0.1, -0.05) is 72.8 Å². The van der Waals surface area contributed by atoms with E-state index in [-0.39, 0.29) is 31.1 Å². The van der Waals surface area contributed by atoms with Crippen LogP contribution < -0.4 is 20.5 Å². The molecule has 16 nitrogen and oxygen atoms in total. The van der Waals surface area contributed by atoms with Crippen molar-refractivity contribution in [3.05, 3.63) is 154 Å². The molecule has 17 heteroatoms. The average Bonchev–Trinajstić information content (AvgIpc) is 3.61. The van der Waals surface area contributed by atoms with E-state index in [0.29, 0.717) is 39.3 Å². The summed E-state index contributed by atoms with van der Waals surface area (Å²) >= 11 is 0. The number of ether oxygens (including phenoxy) is 6. The molecule has 6 rings (SSSR count). The highest BCUT2D eigenvalue weighted by molar-refractivity contribution is 7.43. The zero-order valence-corrected chi connectivity index (χ0v) is 40.0. The van der Waals surface area contributed by atoms with Crippen LogP contribution >= 0.6 is 8.53 Å². The Kier molecular flexibility index (Phi) is 17.4. The molecule has 0 spiro atoms. The number of methoxy groups -OCH3 is 3. The van der Waals surface area contributed by atoms with Gasteiger partial charge in [0, 0.05) is 36.5 Å². The first-order valence-electron chi connectivity index (χ1n) is 22.0. The summed E-state index contributed by atoms with van der Waals surface area (Å²) in [6, 6.07) is 34.6. The molecule has 1 amide bonds. The first-order chi connectivity index (χ1) is 32.2. The van der Waals surface area contributed by atoms with Crippen LogP contribution in [-0.4, -0.2) is 107 Å². The molecular weight excluding hydrogens is 878 g/mol. The van der Waals surface area contributed by atoms with Crippen molar-refractivity contribution in [2.45, 2.75) is 88.9 Å². The number of rotatable bonds is 22. The van der Waals surface area contributed by atoms with Gasteiger partial charge in [-0.25, -0.2) is 9.46 Å². The summed E-state index contributed by atoms with van der Waals surface area (Å²) in [5.41, 5.74) is -1.72. The monoisotopic (exact) mass is 937 g/mol. The number of amides is 1. The van der Waals surface area contributed by atoms with Crippen molar-refractivity contribution in [2.24, 2.45) is 0 Å². The maximum atomic E-state index is 14.3. The van der Waals surface area contributed by atoms with E-state index < -0.39 is 68.9 Å². The largest absolute Gasteiger partial charge is 0.497 e. The fourth-order valence-electron chi connectivity index (χ4n) is 8.46. The van der Waals surface area contributed by atoms with Crippen LogP contribution in [0.4, 0.5) is 5.82 Å². The minimum atomic E-state index is -2.44. The van der Waals surface area contributed by atoms with E-state index in [9.17, 15) is 24.9 Å². The van der Waals surface area contributed by atoms with E-state index in [4.69, 9.17) is 32.9 Å². The minimum Gasteiger partial charge on any atom is -0.497 e.